The second kappa shape index (κ2) is 5.98. The molecule has 0 bridgehead atoms. The van der Waals surface area contributed by atoms with Crippen molar-refractivity contribution in [3.05, 3.63) is 42.8 Å². The number of hydrogen-bond acceptors (Lipinski definition) is 1. The van der Waals surface area contributed by atoms with Gasteiger partial charge in [-0.2, -0.15) is 0 Å². The van der Waals surface area contributed by atoms with Crippen LogP contribution in [0.3, 0.4) is 0 Å². The Morgan fingerprint density at radius 1 is 1.28 bits per heavy atom. The van der Waals surface area contributed by atoms with Crippen molar-refractivity contribution in [2.75, 3.05) is 6.67 Å². The van der Waals surface area contributed by atoms with Crippen LogP contribution < -0.4 is 0 Å². The highest BCUT2D eigenvalue weighted by Crippen LogP contribution is 2.36. The molecule has 0 amide bonds. The van der Waals surface area contributed by atoms with Crippen LogP contribution in [-0.2, 0) is 11.3 Å². The summed E-state index contributed by atoms with van der Waals surface area (Å²) in [5, 5.41) is 0. The summed E-state index contributed by atoms with van der Waals surface area (Å²) in [7, 11) is -1.53. The van der Waals surface area contributed by atoms with E-state index in [0.29, 0.717) is 6.61 Å². The molecule has 0 saturated carbocycles. The van der Waals surface area contributed by atoms with Crippen LogP contribution in [0, 0.1) is 6.92 Å². The Morgan fingerprint density at radius 3 is 2.28 bits per heavy atom. The van der Waals surface area contributed by atoms with E-state index >= 15 is 0 Å². The van der Waals surface area contributed by atoms with E-state index in [4.69, 9.17) is 4.74 Å². The lowest BCUT2D eigenvalue weighted by Crippen LogP contribution is -2.46. The Kier molecular flexibility index (Phi) is 5.11. The Bertz CT molecular complexity index is 361. The molecule has 2 atom stereocenters. The van der Waals surface area contributed by atoms with Crippen molar-refractivity contribution in [2.24, 2.45) is 0 Å². The van der Waals surface area contributed by atoms with E-state index in [1.54, 1.807) is 0 Å². The molecule has 0 fully saturated rings. The van der Waals surface area contributed by atoms with Gasteiger partial charge in [0, 0.05) is 0 Å². The minimum absolute atomic E-state index is 0.0266. The minimum atomic E-state index is -1.53. The first kappa shape index (κ1) is 15.4. The molecule has 0 aromatic heterocycles. The van der Waals surface area contributed by atoms with Crippen molar-refractivity contribution in [3.8, 4) is 0 Å². The van der Waals surface area contributed by atoms with Gasteiger partial charge in [0.15, 0.2) is 0 Å². The lowest BCUT2D eigenvalue weighted by Gasteiger charge is -2.40. The molecule has 3 heteroatoms. The van der Waals surface area contributed by atoms with Gasteiger partial charge in [0.25, 0.3) is 0 Å². The first-order valence-corrected chi connectivity index (χ1v) is 9.94. The van der Waals surface area contributed by atoms with Gasteiger partial charge in [-0.25, -0.2) is 4.39 Å². The van der Waals surface area contributed by atoms with Crippen molar-refractivity contribution in [3.63, 3.8) is 0 Å². The molecular weight excluding hydrogens is 243 g/mol. The summed E-state index contributed by atoms with van der Waals surface area (Å²) in [6.45, 7) is 12.6. The number of benzene rings is 1. The van der Waals surface area contributed by atoms with Crippen molar-refractivity contribution in [1.82, 2.24) is 0 Å². The third-order valence-electron chi connectivity index (χ3n) is 3.46. The number of hydrogen-bond donors (Lipinski definition) is 0. The molecule has 1 radical (unpaired) electrons. The zero-order valence-corrected chi connectivity index (χ0v) is 12.9. The van der Waals surface area contributed by atoms with Gasteiger partial charge in [-0.3, -0.25) is 0 Å². The van der Waals surface area contributed by atoms with Crippen molar-refractivity contribution < 1.29 is 9.13 Å². The summed E-state index contributed by atoms with van der Waals surface area (Å²) >= 11 is 0. The van der Waals surface area contributed by atoms with Crippen LogP contribution in [0.15, 0.2) is 30.3 Å². The Hall–Kier alpha value is -0.673. The van der Waals surface area contributed by atoms with Gasteiger partial charge in [-0.15, -0.1) is 0 Å². The predicted octanol–water partition coefficient (Wildman–Crippen LogP) is 4.47. The van der Waals surface area contributed by atoms with Gasteiger partial charge in [-0.05, 0) is 25.0 Å². The summed E-state index contributed by atoms with van der Waals surface area (Å²) in [6.07, 6.45) is 0. The number of rotatable bonds is 6. The highest BCUT2D eigenvalue weighted by molar-refractivity contribution is 6.78. The maximum Gasteiger partial charge on any atom is 0.118 e. The first-order chi connectivity index (χ1) is 8.29. The van der Waals surface area contributed by atoms with Crippen LogP contribution in [-0.4, -0.2) is 20.3 Å². The molecule has 2 unspecified atom stereocenters. The van der Waals surface area contributed by atoms with Crippen molar-refractivity contribution in [2.45, 2.75) is 44.3 Å². The normalized spacial score (nSPS) is 17.2. The average molecular weight is 267 g/mol. The van der Waals surface area contributed by atoms with E-state index in [-0.39, 0.29) is 5.54 Å². The Morgan fingerprint density at radius 2 is 1.83 bits per heavy atom. The van der Waals surface area contributed by atoms with Gasteiger partial charge >= 0.3 is 0 Å². The Balaban J connectivity index is 2.72. The summed E-state index contributed by atoms with van der Waals surface area (Å²) in [4.78, 5) is 0. The lowest BCUT2D eigenvalue weighted by atomic mass is 10.0. The maximum atomic E-state index is 13.4. The summed E-state index contributed by atoms with van der Waals surface area (Å²) in [5.74, 6) is 0. The molecular formula is C15H24FOSi. The van der Waals surface area contributed by atoms with E-state index in [9.17, 15) is 4.39 Å². The van der Waals surface area contributed by atoms with Crippen LogP contribution in [0.1, 0.15) is 12.5 Å². The minimum Gasteiger partial charge on any atom is -0.368 e. The van der Waals surface area contributed by atoms with Crippen LogP contribution in [0.4, 0.5) is 4.39 Å². The number of ether oxygens (including phenoxy) is 1. The molecule has 18 heavy (non-hydrogen) atoms. The summed E-state index contributed by atoms with van der Waals surface area (Å²) in [5.41, 5.74) is 0.319. The monoisotopic (exact) mass is 267 g/mol. The van der Waals surface area contributed by atoms with E-state index in [0.717, 1.165) is 5.56 Å². The largest absolute Gasteiger partial charge is 0.368 e. The van der Waals surface area contributed by atoms with Crippen molar-refractivity contribution in [1.29, 1.82) is 0 Å². The molecule has 0 spiro atoms. The fourth-order valence-electron chi connectivity index (χ4n) is 1.97. The maximum absolute atomic E-state index is 13.4. The third-order valence-corrected chi connectivity index (χ3v) is 6.16. The number of halogens is 1. The van der Waals surface area contributed by atoms with Crippen LogP contribution in [0.5, 0.6) is 0 Å². The summed E-state index contributed by atoms with van der Waals surface area (Å²) in [6, 6.07) is 9.87. The summed E-state index contributed by atoms with van der Waals surface area (Å²) < 4.78 is 19.2. The molecule has 0 aliphatic heterocycles. The van der Waals surface area contributed by atoms with Gasteiger partial charge in [0.05, 0.1) is 20.3 Å². The molecule has 0 heterocycles. The van der Waals surface area contributed by atoms with Gasteiger partial charge in [0.1, 0.15) is 6.67 Å². The predicted molar refractivity (Wildman–Crippen MR) is 78.1 cm³/mol. The van der Waals surface area contributed by atoms with Crippen molar-refractivity contribution >= 4 is 8.07 Å². The smallest absolute Gasteiger partial charge is 0.118 e. The van der Waals surface area contributed by atoms with E-state index in [2.05, 4.69) is 26.6 Å². The molecule has 101 valence electrons. The lowest BCUT2D eigenvalue weighted by molar-refractivity contribution is -0.0572. The zero-order valence-electron chi connectivity index (χ0n) is 11.9. The molecule has 1 aromatic rings. The van der Waals surface area contributed by atoms with Gasteiger partial charge < -0.3 is 4.74 Å². The van der Waals surface area contributed by atoms with Crippen LogP contribution in [0.2, 0.25) is 25.2 Å². The molecule has 1 aromatic carbocycles. The standard InChI is InChI=1S/C15H24FOSi/c1-13(18(3,4)5)15(2,12-16)17-11-14-9-7-6-8-10-14/h6-10,13H,1,11-12H2,2-5H3. The molecule has 0 saturated heterocycles. The fourth-order valence-corrected chi connectivity index (χ4v) is 3.96. The third kappa shape index (κ3) is 3.92. The molecule has 0 N–H and O–H groups in total. The average Bonchev–Trinajstić information content (AvgIpc) is 2.35. The quantitative estimate of drug-likeness (QED) is 0.691. The first-order valence-electron chi connectivity index (χ1n) is 6.36. The molecule has 1 nitrogen and oxygen atoms in total. The second-order valence-electron chi connectivity index (χ2n) is 6.14. The molecule has 1 rings (SSSR count). The molecule has 0 aliphatic carbocycles. The van der Waals surface area contributed by atoms with E-state index < -0.39 is 20.3 Å². The highest BCUT2D eigenvalue weighted by atomic mass is 28.3. The topological polar surface area (TPSA) is 9.23 Å². The number of alkyl halides is 1. The van der Waals surface area contributed by atoms with E-state index in [1.165, 1.54) is 0 Å². The Labute approximate surface area is 111 Å². The van der Waals surface area contributed by atoms with Crippen LogP contribution >= 0.6 is 0 Å². The highest BCUT2D eigenvalue weighted by Gasteiger charge is 2.40. The molecule has 0 aliphatic rings. The van der Waals surface area contributed by atoms with Gasteiger partial charge in [0.2, 0.25) is 0 Å². The van der Waals surface area contributed by atoms with E-state index in [1.807, 2.05) is 37.3 Å². The second-order valence-corrected chi connectivity index (χ2v) is 11.6. The SMILES string of the molecule is [CH2]C(C(C)(CF)OCc1ccccc1)[Si](C)(C)C. The fraction of sp³-hybridized carbons (Fsp3) is 0.533. The van der Waals surface area contributed by atoms with Gasteiger partial charge in [-0.1, -0.05) is 50.0 Å². The zero-order chi connectivity index (χ0) is 13.8. The van der Waals surface area contributed by atoms with Crippen LogP contribution in [0.25, 0.3) is 0 Å².